The second-order valence-electron chi connectivity index (χ2n) is 7.08. The first-order valence-corrected chi connectivity index (χ1v) is 11.6. The first kappa shape index (κ1) is 20.9. The van der Waals surface area contributed by atoms with Crippen LogP contribution in [0.1, 0.15) is 43.0 Å². The highest BCUT2D eigenvalue weighted by atomic mass is 35.5. The number of likely N-dealkylation sites (tertiary alicyclic amines) is 1. The molecule has 2 aliphatic rings. The summed E-state index contributed by atoms with van der Waals surface area (Å²) in [6, 6.07) is 4.74. The van der Waals surface area contributed by atoms with Gasteiger partial charge in [0.15, 0.2) is 0 Å². The number of rotatable bonds is 4. The van der Waals surface area contributed by atoms with Crippen LogP contribution in [0.2, 0.25) is 5.02 Å². The molecule has 0 saturated carbocycles. The molecule has 2 saturated heterocycles. The zero-order chi connectivity index (χ0) is 20.3. The van der Waals surface area contributed by atoms with Crippen LogP contribution in [0.3, 0.4) is 0 Å². The standard InChI is InChI=1S/C19H25ClN2O5S/c1-2-27-19(24)14-7-10-21(11-8-14)18(23)15-5-6-16(20)17(13-15)22-9-3-4-12-28(22,25)26/h5-6,13-14H,2-4,7-12H2,1H3. The highest BCUT2D eigenvalue weighted by Gasteiger charge is 2.31. The molecule has 9 heteroatoms. The number of halogens is 1. The molecule has 2 heterocycles. The molecule has 28 heavy (non-hydrogen) atoms. The summed E-state index contributed by atoms with van der Waals surface area (Å²) in [5.41, 5.74) is 0.753. The van der Waals surface area contributed by atoms with Crippen molar-refractivity contribution in [3.8, 4) is 0 Å². The summed E-state index contributed by atoms with van der Waals surface area (Å²) in [4.78, 5) is 26.5. The van der Waals surface area contributed by atoms with Crippen molar-refractivity contribution in [1.29, 1.82) is 0 Å². The molecule has 0 unspecified atom stereocenters. The van der Waals surface area contributed by atoms with Crippen molar-refractivity contribution in [3.63, 3.8) is 0 Å². The number of hydrogen-bond donors (Lipinski definition) is 0. The Morgan fingerprint density at radius 3 is 2.54 bits per heavy atom. The predicted molar refractivity (Wildman–Crippen MR) is 107 cm³/mol. The Labute approximate surface area is 170 Å². The van der Waals surface area contributed by atoms with Crippen molar-refractivity contribution in [3.05, 3.63) is 28.8 Å². The molecule has 0 spiro atoms. The Morgan fingerprint density at radius 1 is 1.18 bits per heavy atom. The Morgan fingerprint density at radius 2 is 1.89 bits per heavy atom. The molecule has 1 aromatic rings. The van der Waals surface area contributed by atoms with Gasteiger partial charge in [0.2, 0.25) is 10.0 Å². The van der Waals surface area contributed by atoms with Crippen molar-refractivity contribution < 1.29 is 22.7 Å². The van der Waals surface area contributed by atoms with E-state index in [1.54, 1.807) is 30.0 Å². The maximum atomic E-state index is 12.9. The van der Waals surface area contributed by atoms with Crippen molar-refractivity contribution in [2.45, 2.75) is 32.6 Å². The maximum absolute atomic E-state index is 12.9. The van der Waals surface area contributed by atoms with Gasteiger partial charge in [-0.1, -0.05) is 11.6 Å². The molecule has 2 aliphatic heterocycles. The van der Waals surface area contributed by atoms with Crippen LogP contribution >= 0.6 is 11.6 Å². The molecule has 0 N–H and O–H groups in total. The molecule has 7 nitrogen and oxygen atoms in total. The summed E-state index contributed by atoms with van der Waals surface area (Å²) in [6.45, 7) is 3.41. The summed E-state index contributed by atoms with van der Waals surface area (Å²) in [7, 11) is -3.42. The number of esters is 1. The second kappa shape index (κ2) is 8.69. The van der Waals surface area contributed by atoms with Gasteiger partial charge in [-0.15, -0.1) is 0 Å². The van der Waals surface area contributed by atoms with Crippen LogP contribution in [0.5, 0.6) is 0 Å². The van der Waals surface area contributed by atoms with E-state index in [-0.39, 0.29) is 23.5 Å². The molecule has 2 fully saturated rings. The molecule has 0 aromatic heterocycles. The van der Waals surface area contributed by atoms with Crippen LogP contribution in [-0.2, 0) is 19.6 Å². The second-order valence-corrected chi connectivity index (χ2v) is 9.50. The molecule has 3 rings (SSSR count). The topological polar surface area (TPSA) is 84.0 Å². The van der Waals surface area contributed by atoms with Gasteiger partial charge in [-0.05, 0) is 50.8 Å². The smallest absolute Gasteiger partial charge is 0.309 e. The molecule has 1 aromatic carbocycles. The largest absolute Gasteiger partial charge is 0.466 e. The molecule has 154 valence electrons. The first-order chi connectivity index (χ1) is 13.3. The van der Waals surface area contributed by atoms with Crippen molar-refractivity contribution in [2.24, 2.45) is 5.92 Å². The van der Waals surface area contributed by atoms with Crippen LogP contribution in [0.4, 0.5) is 5.69 Å². The number of sulfonamides is 1. The lowest BCUT2D eigenvalue weighted by molar-refractivity contribution is -0.149. The molecular formula is C19H25ClN2O5S. The number of anilines is 1. The quantitative estimate of drug-likeness (QED) is 0.688. The molecule has 0 radical (unpaired) electrons. The van der Waals surface area contributed by atoms with Crippen molar-refractivity contribution in [2.75, 3.05) is 36.3 Å². The van der Waals surface area contributed by atoms with Gasteiger partial charge >= 0.3 is 5.97 Å². The first-order valence-electron chi connectivity index (χ1n) is 9.59. The normalized spacial score (nSPS) is 20.1. The zero-order valence-electron chi connectivity index (χ0n) is 15.9. The summed E-state index contributed by atoms with van der Waals surface area (Å²) >= 11 is 6.25. The van der Waals surface area contributed by atoms with Gasteiger partial charge < -0.3 is 9.64 Å². The minimum absolute atomic E-state index is 0.0862. The number of piperidine rings is 1. The number of carbonyl (C=O) groups excluding carboxylic acids is 2. The highest BCUT2D eigenvalue weighted by Crippen LogP contribution is 2.32. The monoisotopic (exact) mass is 428 g/mol. The van der Waals surface area contributed by atoms with E-state index in [9.17, 15) is 18.0 Å². The average molecular weight is 429 g/mol. The summed E-state index contributed by atoms with van der Waals surface area (Å²) in [5.74, 6) is -0.486. The summed E-state index contributed by atoms with van der Waals surface area (Å²) < 4.78 is 31.2. The van der Waals surface area contributed by atoms with Crippen LogP contribution in [0, 0.1) is 5.92 Å². The van der Waals surface area contributed by atoms with Crippen LogP contribution in [0.15, 0.2) is 18.2 Å². The molecule has 0 aliphatic carbocycles. The van der Waals surface area contributed by atoms with Crippen LogP contribution in [-0.4, -0.2) is 57.2 Å². The van der Waals surface area contributed by atoms with E-state index in [0.717, 1.165) is 6.42 Å². The van der Waals surface area contributed by atoms with E-state index in [1.165, 1.54) is 4.31 Å². The van der Waals surface area contributed by atoms with Crippen molar-refractivity contribution >= 4 is 39.2 Å². The predicted octanol–water partition coefficient (Wildman–Crippen LogP) is 2.69. The fourth-order valence-corrected chi connectivity index (χ4v) is 5.57. The molecule has 0 bridgehead atoms. The lowest BCUT2D eigenvalue weighted by Gasteiger charge is -2.32. The summed E-state index contributed by atoms with van der Waals surface area (Å²) in [6.07, 6.45) is 2.51. The Hall–Kier alpha value is -1.80. The van der Waals surface area contributed by atoms with Gasteiger partial charge in [0, 0.05) is 25.2 Å². The number of benzene rings is 1. The Balaban J connectivity index is 1.74. The number of ether oxygens (including phenoxy) is 1. The number of amides is 1. The van der Waals surface area contributed by atoms with Gasteiger partial charge in [0.25, 0.3) is 5.91 Å². The van der Waals surface area contributed by atoms with E-state index in [0.29, 0.717) is 61.8 Å². The third kappa shape index (κ3) is 4.43. The van der Waals surface area contributed by atoms with Gasteiger partial charge in [-0.3, -0.25) is 13.9 Å². The highest BCUT2D eigenvalue weighted by molar-refractivity contribution is 7.92. The third-order valence-electron chi connectivity index (χ3n) is 5.21. The summed E-state index contributed by atoms with van der Waals surface area (Å²) in [5, 5.41) is 0.308. The van der Waals surface area contributed by atoms with Gasteiger partial charge in [-0.2, -0.15) is 0 Å². The number of nitrogens with zero attached hydrogens (tertiary/aromatic N) is 2. The fourth-order valence-electron chi connectivity index (χ4n) is 3.66. The van der Waals surface area contributed by atoms with E-state index in [1.807, 2.05) is 0 Å². The van der Waals surface area contributed by atoms with E-state index in [2.05, 4.69) is 0 Å². The minimum atomic E-state index is -3.42. The number of hydrogen-bond acceptors (Lipinski definition) is 5. The zero-order valence-corrected chi connectivity index (χ0v) is 17.5. The molecule has 0 atom stereocenters. The lowest BCUT2D eigenvalue weighted by Crippen LogP contribution is -2.41. The maximum Gasteiger partial charge on any atom is 0.309 e. The van der Waals surface area contributed by atoms with Gasteiger partial charge in [-0.25, -0.2) is 8.42 Å². The van der Waals surface area contributed by atoms with Gasteiger partial charge in [0.1, 0.15) is 0 Å². The van der Waals surface area contributed by atoms with Crippen LogP contribution < -0.4 is 4.31 Å². The fraction of sp³-hybridized carbons (Fsp3) is 0.579. The van der Waals surface area contributed by atoms with Gasteiger partial charge in [0.05, 0.1) is 29.0 Å². The van der Waals surface area contributed by atoms with Crippen LogP contribution in [0.25, 0.3) is 0 Å². The Kier molecular flexibility index (Phi) is 6.50. The number of carbonyl (C=O) groups is 2. The SMILES string of the molecule is CCOC(=O)C1CCN(C(=O)c2ccc(Cl)c(N3CCCCS3(=O)=O)c2)CC1. The van der Waals surface area contributed by atoms with E-state index in [4.69, 9.17) is 16.3 Å². The third-order valence-corrected chi connectivity index (χ3v) is 7.39. The van der Waals surface area contributed by atoms with E-state index < -0.39 is 10.0 Å². The van der Waals surface area contributed by atoms with Crippen molar-refractivity contribution in [1.82, 2.24) is 4.90 Å². The molecule has 1 amide bonds. The molecular weight excluding hydrogens is 404 g/mol. The van der Waals surface area contributed by atoms with E-state index >= 15 is 0 Å². The minimum Gasteiger partial charge on any atom is -0.466 e. The average Bonchev–Trinajstić information content (AvgIpc) is 2.68. The Bertz CT molecular complexity index is 850. The lowest BCUT2D eigenvalue weighted by atomic mass is 9.96.